The molecular weight excluding hydrogens is 398 g/mol. The predicted molar refractivity (Wildman–Crippen MR) is 113 cm³/mol. The van der Waals surface area contributed by atoms with Gasteiger partial charge in [-0.15, -0.1) is 0 Å². The summed E-state index contributed by atoms with van der Waals surface area (Å²) in [5.41, 5.74) is 1.97. The van der Waals surface area contributed by atoms with E-state index in [-0.39, 0.29) is 23.9 Å². The van der Waals surface area contributed by atoms with Crippen LogP contribution in [0.4, 0.5) is 33.8 Å². The van der Waals surface area contributed by atoms with Crippen molar-refractivity contribution in [3.8, 4) is 0 Å². The predicted octanol–water partition coefficient (Wildman–Crippen LogP) is 3.57. The lowest BCUT2D eigenvalue weighted by Crippen LogP contribution is -2.46. The first kappa shape index (κ1) is 18.8. The fourth-order valence-electron chi connectivity index (χ4n) is 3.44. The van der Waals surface area contributed by atoms with Crippen molar-refractivity contribution in [2.45, 2.75) is 25.4 Å². The largest absolute Gasteiger partial charge is 0.338 e. The number of aromatic nitrogens is 3. The van der Waals surface area contributed by atoms with Crippen molar-refractivity contribution < 1.29 is 14.1 Å². The molecule has 1 fully saturated rings. The first-order chi connectivity index (χ1) is 15.1. The van der Waals surface area contributed by atoms with E-state index in [1.165, 1.54) is 12.3 Å². The van der Waals surface area contributed by atoms with Gasteiger partial charge in [-0.25, -0.2) is 14.7 Å². The summed E-state index contributed by atoms with van der Waals surface area (Å²) in [7, 11) is 0. The third-order valence-corrected chi connectivity index (χ3v) is 5.05. The number of urea groups is 1. The average Bonchev–Trinajstić information content (AvgIpc) is 3.49. The molecule has 3 amide bonds. The molecule has 3 aromatic rings. The Hall–Kier alpha value is -4.21. The average molecular weight is 417 g/mol. The van der Waals surface area contributed by atoms with Gasteiger partial charge in [0.1, 0.15) is 0 Å². The molecule has 0 saturated heterocycles. The molecule has 10 heteroatoms. The topological polar surface area (TPSA) is 116 Å². The first-order valence-electron chi connectivity index (χ1n) is 9.80. The Morgan fingerprint density at radius 3 is 2.90 bits per heavy atom. The summed E-state index contributed by atoms with van der Waals surface area (Å²) in [4.78, 5) is 37.5. The van der Waals surface area contributed by atoms with Crippen LogP contribution in [0.25, 0.3) is 0 Å². The number of benzene rings is 1. The number of carbonyl (C=O) groups excluding carboxylic acids is 2. The van der Waals surface area contributed by atoms with Gasteiger partial charge in [0.05, 0.1) is 18.4 Å². The molecule has 0 bridgehead atoms. The van der Waals surface area contributed by atoms with E-state index in [2.05, 4.69) is 32.3 Å². The van der Waals surface area contributed by atoms with Crippen molar-refractivity contribution in [2.24, 2.45) is 0 Å². The van der Waals surface area contributed by atoms with Gasteiger partial charge in [0.25, 0.3) is 0 Å². The maximum absolute atomic E-state index is 13.4. The van der Waals surface area contributed by atoms with Gasteiger partial charge in [0, 0.05) is 29.6 Å². The minimum absolute atomic E-state index is 0.161. The highest BCUT2D eigenvalue weighted by atomic mass is 16.5. The molecule has 0 unspecified atom stereocenters. The summed E-state index contributed by atoms with van der Waals surface area (Å²) in [6.45, 7) is 3.92. The third-order valence-electron chi connectivity index (χ3n) is 5.05. The van der Waals surface area contributed by atoms with Gasteiger partial charge >= 0.3 is 6.03 Å². The number of amides is 3. The molecule has 31 heavy (non-hydrogen) atoms. The number of nitrogens with zero attached hydrogens (tertiary/aromatic N) is 5. The normalized spacial score (nSPS) is 15.4. The lowest BCUT2D eigenvalue weighted by atomic mass is 10.1. The van der Waals surface area contributed by atoms with Crippen LogP contribution in [0, 0.1) is 0 Å². The second-order valence-corrected chi connectivity index (χ2v) is 7.26. The number of fused-ring (bicyclic) bond motifs is 1. The molecule has 0 radical (unpaired) electrons. The van der Waals surface area contributed by atoms with E-state index < -0.39 is 0 Å². The van der Waals surface area contributed by atoms with E-state index >= 15 is 0 Å². The molecule has 10 nitrogen and oxygen atoms in total. The van der Waals surface area contributed by atoms with Crippen LogP contribution in [0.1, 0.15) is 18.4 Å². The Morgan fingerprint density at radius 1 is 1.29 bits per heavy atom. The molecular formula is C21H19N7O3. The number of carbonyl (C=O) groups is 2. The Kier molecular flexibility index (Phi) is 4.58. The van der Waals surface area contributed by atoms with Crippen LogP contribution < -0.4 is 15.5 Å². The molecule has 1 saturated carbocycles. The van der Waals surface area contributed by atoms with Crippen LogP contribution >= 0.6 is 0 Å². The summed E-state index contributed by atoms with van der Waals surface area (Å²) in [6, 6.07) is 8.75. The molecule has 0 atom stereocenters. The summed E-state index contributed by atoms with van der Waals surface area (Å²) in [5.74, 6) is 0.820. The first-order valence-corrected chi connectivity index (χ1v) is 9.80. The monoisotopic (exact) mass is 417 g/mol. The van der Waals surface area contributed by atoms with Gasteiger partial charge in [-0.1, -0.05) is 17.8 Å². The molecule has 3 heterocycles. The lowest BCUT2D eigenvalue weighted by Gasteiger charge is -2.36. The number of nitrogens with one attached hydrogen (secondary N) is 2. The Bertz CT molecular complexity index is 1160. The Balaban J connectivity index is 1.55. The van der Waals surface area contributed by atoms with Crippen LogP contribution in [-0.2, 0) is 11.3 Å². The standard InChI is InChI=1S/C21H19N7O3/c1-2-17(29)24-14-4-3-5-16(10-14)28-19-13(12-27(21(28)30)15-6-7-15)11-22-20(26-19)25-18-8-9-23-31-18/h2-5,8-11,15H,1,6-7,12H2,(H,24,29)(H,22,25,26). The summed E-state index contributed by atoms with van der Waals surface area (Å²) < 4.78 is 5.06. The highest BCUT2D eigenvalue weighted by Gasteiger charge is 2.41. The van der Waals surface area contributed by atoms with Crippen LogP contribution in [0.5, 0.6) is 0 Å². The van der Waals surface area contributed by atoms with Gasteiger partial charge in [0.2, 0.25) is 17.7 Å². The zero-order chi connectivity index (χ0) is 21.4. The highest BCUT2D eigenvalue weighted by Crippen LogP contribution is 2.39. The Morgan fingerprint density at radius 2 is 2.16 bits per heavy atom. The summed E-state index contributed by atoms with van der Waals surface area (Å²) >= 11 is 0. The zero-order valence-corrected chi connectivity index (χ0v) is 16.5. The second-order valence-electron chi connectivity index (χ2n) is 7.26. The van der Waals surface area contributed by atoms with Crippen LogP contribution in [0.3, 0.4) is 0 Å². The third kappa shape index (κ3) is 3.70. The second kappa shape index (κ2) is 7.56. The molecule has 2 aliphatic rings. The zero-order valence-electron chi connectivity index (χ0n) is 16.5. The molecule has 1 aliphatic carbocycles. The van der Waals surface area contributed by atoms with E-state index in [4.69, 9.17) is 4.52 Å². The van der Waals surface area contributed by atoms with Crippen molar-refractivity contribution in [1.82, 2.24) is 20.0 Å². The van der Waals surface area contributed by atoms with Crippen LogP contribution in [0.15, 0.2) is 59.9 Å². The van der Waals surface area contributed by atoms with Gasteiger partial charge < -0.3 is 14.7 Å². The van der Waals surface area contributed by atoms with Crippen molar-refractivity contribution >= 4 is 41.0 Å². The van der Waals surface area contributed by atoms with Gasteiger partial charge in [-0.3, -0.25) is 10.1 Å². The lowest BCUT2D eigenvalue weighted by molar-refractivity contribution is -0.111. The SMILES string of the molecule is C=CC(=O)Nc1cccc(N2C(=O)N(C3CC3)Cc3cnc(Nc4ccno4)nc32)c1. The summed E-state index contributed by atoms with van der Waals surface area (Å²) in [5, 5.41) is 9.32. The van der Waals surface area contributed by atoms with E-state index in [1.54, 1.807) is 41.4 Å². The fourth-order valence-corrected chi connectivity index (χ4v) is 3.44. The van der Waals surface area contributed by atoms with Gasteiger partial charge in [-0.05, 0) is 37.1 Å². The van der Waals surface area contributed by atoms with Crippen molar-refractivity contribution in [1.29, 1.82) is 0 Å². The molecule has 1 aromatic carbocycles. The van der Waals surface area contributed by atoms with Crippen molar-refractivity contribution in [3.63, 3.8) is 0 Å². The molecule has 2 N–H and O–H groups in total. The number of anilines is 5. The van der Waals surface area contributed by atoms with Crippen molar-refractivity contribution in [2.75, 3.05) is 15.5 Å². The molecule has 156 valence electrons. The fraction of sp³-hybridized carbons (Fsp3) is 0.190. The van der Waals surface area contributed by atoms with E-state index in [0.29, 0.717) is 29.6 Å². The quantitative estimate of drug-likeness (QED) is 0.589. The maximum Gasteiger partial charge on any atom is 0.330 e. The molecule has 0 spiro atoms. The molecule has 5 rings (SSSR count). The van der Waals surface area contributed by atoms with Gasteiger partial charge in [-0.2, -0.15) is 4.98 Å². The smallest absolute Gasteiger partial charge is 0.330 e. The minimum atomic E-state index is -0.331. The minimum Gasteiger partial charge on any atom is -0.338 e. The summed E-state index contributed by atoms with van der Waals surface area (Å²) in [6.07, 6.45) is 6.37. The van der Waals surface area contributed by atoms with Gasteiger partial charge in [0.15, 0.2) is 5.82 Å². The number of hydrogen-bond donors (Lipinski definition) is 2. The molecule has 2 aromatic heterocycles. The van der Waals surface area contributed by atoms with E-state index in [1.807, 2.05) is 4.90 Å². The van der Waals surface area contributed by atoms with E-state index in [0.717, 1.165) is 18.4 Å². The van der Waals surface area contributed by atoms with Crippen LogP contribution in [-0.4, -0.2) is 38.0 Å². The molecule has 1 aliphatic heterocycles. The highest BCUT2D eigenvalue weighted by molar-refractivity contribution is 6.03. The Labute approximate surface area is 177 Å². The number of rotatable bonds is 6. The van der Waals surface area contributed by atoms with Crippen molar-refractivity contribution in [3.05, 3.63) is 60.9 Å². The number of hydrogen-bond acceptors (Lipinski definition) is 7. The van der Waals surface area contributed by atoms with Crippen LogP contribution in [0.2, 0.25) is 0 Å². The maximum atomic E-state index is 13.4. The van der Waals surface area contributed by atoms with E-state index in [9.17, 15) is 9.59 Å².